The molecule has 0 fully saturated rings. The van der Waals surface area contributed by atoms with E-state index in [0.29, 0.717) is 19.1 Å². The highest BCUT2D eigenvalue weighted by molar-refractivity contribution is 9.10. The van der Waals surface area contributed by atoms with E-state index in [4.69, 9.17) is 9.16 Å². The topological polar surface area (TPSA) is 31.4 Å². The summed E-state index contributed by atoms with van der Waals surface area (Å²) in [5, 5.41) is 0.196. The lowest BCUT2D eigenvalue weighted by atomic mass is 10.0. The standard InChI is InChI=1S/C21H29BrFNO2Si/c1-21(2,3)27(4,5)26-13-7-8-16-14-18(23)12-11-17(16)15-25-20-10-6-9-19(22)24-20/h6,9-12,14H,7-8,13,15H2,1-5H3. The van der Waals surface area contributed by atoms with Gasteiger partial charge in [0.25, 0.3) is 0 Å². The van der Waals surface area contributed by atoms with E-state index in [1.807, 2.05) is 12.1 Å². The Morgan fingerprint density at radius 3 is 2.52 bits per heavy atom. The van der Waals surface area contributed by atoms with E-state index in [-0.39, 0.29) is 10.9 Å². The molecule has 0 saturated carbocycles. The molecule has 2 aromatic rings. The zero-order chi connectivity index (χ0) is 20.1. The van der Waals surface area contributed by atoms with Crippen LogP contribution in [0, 0.1) is 5.82 Å². The molecule has 0 N–H and O–H groups in total. The molecule has 148 valence electrons. The van der Waals surface area contributed by atoms with Crippen molar-refractivity contribution >= 4 is 24.2 Å². The number of rotatable bonds is 8. The van der Waals surface area contributed by atoms with Crippen molar-refractivity contribution in [3.63, 3.8) is 0 Å². The molecule has 1 heterocycles. The van der Waals surface area contributed by atoms with Gasteiger partial charge < -0.3 is 9.16 Å². The molecule has 3 nitrogen and oxygen atoms in total. The third kappa shape index (κ3) is 6.70. The average Bonchev–Trinajstić information content (AvgIpc) is 2.57. The van der Waals surface area contributed by atoms with Crippen LogP contribution in [0.1, 0.15) is 38.3 Å². The van der Waals surface area contributed by atoms with Gasteiger partial charge in [-0.25, -0.2) is 9.37 Å². The van der Waals surface area contributed by atoms with Crippen molar-refractivity contribution in [2.45, 2.75) is 58.4 Å². The molecule has 0 spiro atoms. The van der Waals surface area contributed by atoms with Crippen LogP contribution >= 0.6 is 15.9 Å². The van der Waals surface area contributed by atoms with E-state index < -0.39 is 8.32 Å². The first-order chi connectivity index (χ1) is 12.6. The van der Waals surface area contributed by atoms with Crippen LogP contribution in [0.25, 0.3) is 0 Å². The highest BCUT2D eigenvalue weighted by Crippen LogP contribution is 2.36. The van der Waals surface area contributed by atoms with E-state index in [9.17, 15) is 4.39 Å². The summed E-state index contributed by atoms with van der Waals surface area (Å²) in [5.74, 6) is 0.320. The van der Waals surface area contributed by atoms with Crippen molar-refractivity contribution in [1.29, 1.82) is 0 Å². The summed E-state index contributed by atoms with van der Waals surface area (Å²) in [4.78, 5) is 4.27. The monoisotopic (exact) mass is 453 g/mol. The zero-order valence-corrected chi connectivity index (χ0v) is 19.4. The Morgan fingerprint density at radius 1 is 1.11 bits per heavy atom. The van der Waals surface area contributed by atoms with Crippen LogP contribution in [0.3, 0.4) is 0 Å². The van der Waals surface area contributed by atoms with E-state index in [0.717, 1.165) is 28.6 Å². The molecule has 0 saturated heterocycles. The van der Waals surface area contributed by atoms with Crippen LogP contribution in [-0.4, -0.2) is 19.9 Å². The Labute approximate surface area is 171 Å². The molecule has 0 radical (unpaired) electrons. The molecule has 0 aliphatic heterocycles. The van der Waals surface area contributed by atoms with Gasteiger partial charge >= 0.3 is 0 Å². The van der Waals surface area contributed by atoms with Gasteiger partial charge in [0.2, 0.25) is 5.88 Å². The molecule has 27 heavy (non-hydrogen) atoms. The van der Waals surface area contributed by atoms with Gasteiger partial charge in [0, 0.05) is 12.7 Å². The predicted molar refractivity (Wildman–Crippen MR) is 114 cm³/mol. The first-order valence-electron chi connectivity index (χ1n) is 9.25. The van der Waals surface area contributed by atoms with Gasteiger partial charge in [-0.05, 0) is 76.2 Å². The SMILES string of the molecule is CC(C)(C)[Si](C)(C)OCCCc1cc(F)ccc1COc1cccc(Br)n1. The van der Waals surface area contributed by atoms with Crippen molar-refractivity contribution in [2.24, 2.45) is 0 Å². The maximum Gasteiger partial charge on any atom is 0.214 e. The van der Waals surface area contributed by atoms with Crippen molar-refractivity contribution in [3.05, 3.63) is 57.9 Å². The number of hydrogen-bond acceptors (Lipinski definition) is 3. The van der Waals surface area contributed by atoms with Gasteiger partial charge in [-0.15, -0.1) is 0 Å². The average molecular weight is 454 g/mol. The Hall–Kier alpha value is -1.24. The summed E-state index contributed by atoms with van der Waals surface area (Å²) in [6.07, 6.45) is 1.62. The van der Waals surface area contributed by atoms with Gasteiger partial charge in [0.1, 0.15) is 17.0 Å². The largest absolute Gasteiger partial charge is 0.473 e. The lowest BCUT2D eigenvalue weighted by Crippen LogP contribution is -2.41. The lowest BCUT2D eigenvalue weighted by Gasteiger charge is -2.36. The highest BCUT2D eigenvalue weighted by Gasteiger charge is 2.36. The van der Waals surface area contributed by atoms with Gasteiger partial charge in [-0.2, -0.15) is 0 Å². The molecule has 1 aromatic carbocycles. The minimum absolute atomic E-state index is 0.196. The molecule has 0 amide bonds. The van der Waals surface area contributed by atoms with Crippen LogP contribution in [-0.2, 0) is 17.5 Å². The van der Waals surface area contributed by atoms with Crippen LogP contribution in [0.4, 0.5) is 4.39 Å². The molecule has 0 unspecified atom stereocenters. The number of ether oxygens (including phenoxy) is 1. The Balaban J connectivity index is 1.95. The normalized spacial score (nSPS) is 12.3. The number of pyridine rings is 1. The van der Waals surface area contributed by atoms with E-state index in [2.05, 4.69) is 54.8 Å². The fraction of sp³-hybridized carbons (Fsp3) is 0.476. The summed E-state index contributed by atoms with van der Waals surface area (Å²) in [7, 11) is -1.74. The smallest absolute Gasteiger partial charge is 0.214 e. The summed E-state index contributed by atoms with van der Waals surface area (Å²) < 4.78 is 26.5. The fourth-order valence-electron chi connectivity index (χ4n) is 2.40. The van der Waals surface area contributed by atoms with Gasteiger partial charge in [-0.3, -0.25) is 0 Å². The second-order valence-electron chi connectivity index (χ2n) is 8.21. The minimum Gasteiger partial charge on any atom is -0.473 e. The van der Waals surface area contributed by atoms with Gasteiger partial charge in [-0.1, -0.05) is 32.9 Å². The van der Waals surface area contributed by atoms with Crippen LogP contribution in [0.15, 0.2) is 41.0 Å². The minimum atomic E-state index is -1.74. The molecule has 0 bridgehead atoms. The lowest BCUT2D eigenvalue weighted by molar-refractivity contribution is 0.279. The quantitative estimate of drug-likeness (QED) is 0.259. The first-order valence-corrected chi connectivity index (χ1v) is 13.0. The number of benzene rings is 1. The van der Waals surface area contributed by atoms with Gasteiger partial charge in [0.05, 0.1) is 0 Å². The number of halogens is 2. The summed E-state index contributed by atoms with van der Waals surface area (Å²) in [5.41, 5.74) is 1.94. The molecular formula is C21H29BrFNO2Si. The molecule has 0 aliphatic rings. The summed E-state index contributed by atoms with van der Waals surface area (Å²) in [6, 6.07) is 10.4. The third-order valence-corrected chi connectivity index (χ3v) is 10.1. The molecular weight excluding hydrogens is 425 g/mol. The molecule has 0 aliphatic carbocycles. The maximum atomic E-state index is 13.7. The number of nitrogens with zero attached hydrogens (tertiary/aromatic N) is 1. The number of aryl methyl sites for hydroxylation is 1. The molecule has 2 rings (SSSR count). The van der Waals surface area contributed by atoms with Gasteiger partial charge in [0.15, 0.2) is 8.32 Å². The summed E-state index contributed by atoms with van der Waals surface area (Å²) in [6.45, 7) is 12.3. The second-order valence-corrected chi connectivity index (χ2v) is 13.8. The Kier molecular flexibility index (Phi) is 7.60. The first kappa shape index (κ1) is 22.1. The Bertz CT molecular complexity index is 762. The van der Waals surface area contributed by atoms with E-state index >= 15 is 0 Å². The molecule has 0 atom stereocenters. The van der Waals surface area contributed by atoms with Crippen LogP contribution in [0.2, 0.25) is 18.1 Å². The highest BCUT2D eigenvalue weighted by atomic mass is 79.9. The maximum absolute atomic E-state index is 13.7. The number of hydrogen-bond donors (Lipinski definition) is 0. The van der Waals surface area contributed by atoms with Crippen molar-refractivity contribution in [2.75, 3.05) is 6.61 Å². The van der Waals surface area contributed by atoms with Crippen molar-refractivity contribution in [3.8, 4) is 5.88 Å². The Morgan fingerprint density at radius 2 is 1.85 bits per heavy atom. The number of aromatic nitrogens is 1. The molecule has 6 heteroatoms. The second kappa shape index (κ2) is 9.30. The predicted octanol–water partition coefficient (Wildman–Crippen LogP) is 6.52. The van der Waals surface area contributed by atoms with E-state index in [1.54, 1.807) is 18.2 Å². The molecule has 1 aromatic heterocycles. The zero-order valence-electron chi connectivity index (χ0n) is 16.8. The summed E-state index contributed by atoms with van der Waals surface area (Å²) >= 11 is 3.33. The van der Waals surface area contributed by atoms with Crippen LogP contribution < -0.4 is 4.74 Å². The van der Waals surface area contributed by atoms with Crippen LogP contribution in [0.5, 0.6) is 5.88 Å². The van der Waals surface area contributed by atoms with Crippen molar-refractivity contribution in [1.82, 2.24) is 4.98 Å². The van der Waals surface area contributed by atoms with Crippen molar-refractivity contribution < 1.29 is 13.6 Å². The third-order valence-electron chi connectivity index (χ3n) is 5.09. The van der Waals surface area contributed by atoms with E-state index in [1.165, 1.54) is 6.07 Å². The fourth-order valence-corrected chi connectivity index (χ4v) is 3.81.